The van der Waals surface area contributed by atoms with Gasteiger partial charge in [-0.3, -0.25) is 0 Å². The van der Waals surface area contributed by atoms with Gasteiger partial charge in [0.1, 0.15) is 12.1 Å². The lowest BCUT2D eigenvalue weighted by atomic mass is 9.88. The lowest BCUT2D eigenvalue weighted by Gasteiger charge is -2.23. The highest BCUT2D eigenvalue weighted by molar-refractivity contribution is 5.37. The van der Waals surface area contributed by atoms with Crippen molar-refractivity contribution >= 4 is 5.82 Å². The molecule has 1 atom stereocenters. The minimum atomic E-state index is 0.101. The van der Waals surface area contributed by atoms with Gasteiger partial charge >= 0.3 is 0 Å². The van der Waals surface area contributed by atoms with E-state index in [9.17, 15) is 0 Å². The van der Waals surface area contributed by atoms with Gasteiger partial charge in [0, 0.05) is 18.7 Å². The molecule has 0 bridgehead atoms. The first-order chi connectivity index (χ1) is 8.76. The fourth-order valence-corrected chi connectivity index (χ4v) is 1.84. The molecule has 1 unspecified atom stereocenters. The van der Waals surface area contributed by atoms with Crippen LogP contribution < -0.4 is 15.8 Å². The van der Waals surface area contributed by atoms with Gasteiger partial charge in [0.15, 0.2) is 0 Å². The predicted molar refractivity (Wildman–Crippen MR) is 78.3 cm³/mol. The molecule has 0 aliphatic carbocycles. The Morgan fingerprint density at radius 3 is 2.58 bits per heavy atom. The first kappa shape index (κ1) is 15.7. The maximum atomic E-state index is 6.09. The van der Waals surface area contributed by atoms with E-state index in [1.807, 2.05) is 13.8 Å². The van der Waals surface area contributed by atoms with Gasteiger partial charge in [-0.1, -0.05) is 20.8 Å². The van der Waals surface area contributed by atoms with Crippen molar-refractivity contribution in [3.05, 3.63) is 12.4 Å². The van der Waals surface area contributed by atoms with Crippen molar-refractivity contribution in [3.63, 3.8) is 0 Å². The molecule has 1 aromatic heterocycles. The van der Waals surface area contributed by atoms with E-state index in [-0.39, 0.29) is 17.6 Å². The molecule has 19 heavy (non-hydrogen) atoms. The van der Waals surface area contributed by atoms with Gasteiger partial charge < -0.3 is 15.8 Å². The third-order valence-electron chi connectivity index (χ3n) is 2.42. The number of anilines is 1. The average Bonchev–Trinajstić information content (AvgIpc) is 2.23. The van der Waals surface area contributed by atoms with Crippen molar-refractivity contribution in [3.8, 4) is 5.88 Å². The van der Waals surface area contributed by atoms with E-state index in [4.69, 9.17) is 10.5 Å². The van der Waals surface area contributed by atoms with Crippen LogP contribution in [0.5, 0.6) is 5.88 Å². The van der Waals surface area contributed by atoms with Gasteiger partial charge in [0.25, 0.3) is 0 Å². The highest BCUT2D eigenvalue weighted by atomic mass is 16.5. The highest BCUT2D eigenvalue weighted by Crippen LogP contribution is 2.20. The molecule has 0 saturated heterocycles. The lowest BCUT2D eigenvalue weighted by Crippen LogP contribution is -2.33. The van der Waals surface area contributed by atoms with E-state index < -0.39 is 0 Å². The van der Waals surface area contributed by atoms with Gasteiger partial charge in [-0.2, -0.15) is 0 Å². The molecule has 0 fully saturated rings. The summed E-state index contributed by atoms with van der Waals surface area (Å²) in [6.45, 7) is 11.2. The summed E-state index contributed by atoms with van der Waals surface area (Å²) >= 11 is 0. The average molecular weight is 266 g/mol. The minimum absolute atomic E-state index is 0.101. The van der Waals surface area contributed by atoms with Crippen LogP contribution in [-0.2, 0) is 0 Å². The second-order valence-electron chi connectivity index (χ2n) is 6.31. The van der Waals surface area contributed by atoms with Crippen LogP contribution in [-0.4, -0.2) is 28.7 Å². The molecule has 1 rings (SSSR count). The Balaban J connectivity index is 2.49. The zero-order valence-electron chi connectivity index (χ0n) is 12.6. The number of nitrogens with zero attached hydrogens (tertiary/aromatic N) is 2. The Bertz CT molecular complexity index is 387. The summed E-state index contributed by atoms with van der Waals surface area (Å²) in [6.07, 6.45) is 2.56. The second-order valence-corrected chi connectivity index (χ2v) is 6.31. The smallest absolute Gasteiger partial charge is 0.218 e. The van der Waals surface area contributed by atoms with E-state index in [1.54, 1.807) is 6.07 Å². The molecule has 108 valence electrons. The van der Waals surface area contributed by atoms with Crippen LogP contribution in [0.4, 0.5) is 5.82 Å². The largest absolute Gasteiger partial charge is 0.475 e. The number of hydrogen-bond donors (Lipinski definition) is 2. The Morgan fingerprint density at radius 2 is 2.00 bits per heavy atom. The first-order valence-corrected chi connectivity index (χ1v) is 6.74. The zero-order valence-corrected chi connectivity index (χ0v) is 12.6. The molecule has 0 aromatic carbocycles. The predicted octanol–water partition coefficient (Wildman–Crippen LogP) is 2.44. The van der Waals surface area contributed by atoms with E-state index >= 15 is 0 Å². The summed E-state index contributed by atoms with van der Waals surface area (Å²) in [5.74, 6) is 1.33. The van der Waals surface area contributed by atoms with Gasteiger partial charge in [0.05, 0.1) is 6.10 Å². The zero-order chi connectivity index (χ0) is 14.5. The summed E-state index contributed by atoms with van der Waals surface area (Å²) in [5.41, 5.74) is 6.32. The van der Waals surface area contributed by atoms with E-state index in [0.717, 1.165) is 12.2 Å². The van der Waals surface area contributed by atoms with Crippen LogP contribution in [0.1, 0.15) is 41.0 Å². The first-order valence-electron chi connectivity index (χ1n) is 6.74. The summed E-state index contributed by atoms with van der Waals surface area (Å²) in [4.78, 5) is 8.22. The van der Waals surface area contributed by atoms with Crippen LogP contribution >= 0.6 is 0 Å². The summed E-state index contributed by atoms with van der Waals surface area (Å²) in [5, 5.41) is 3.22. The molecule has 0 saturated carbocycles. The van der Waals surface area contributed by atoms with Crippen LogP contribution in [0.2, 0.25) is 0 Å². The molecule has 1 aromatic rings. The second kappa shape index (κ2) is 6.70. The highest BCUT2D eigenvalue weighted by Gasteiger charge is 2.15. The number of nitrogens with one attached hydrogen (secondary N) is 1. The SMILES string of the molecule is CC(C)Oc1cc(NCC(N)CC(C)(C)C)ncn1. The van der Waals surface area contributed by atoms with Crippen molar-refractivity contribution in [1.29, 1.82) is 0 Å². The Kier molecular flexibility index (Phi) is 5.54. The number of nitrogens with two attached hydrogens (primary N) is 1. The number of ether oxygens (including phenoxy) is 1. The number of hydrogen-bond acceptors (Lipinski definition) is 5. The molecule has 0 aliphatic rings. The van der Waals surface area contributed by atoms with Crippen molar-refractivity contribution in [2.45, 2.75) is 53.2 Å². The number of aromatic nitrogens is 2. The molecule has 1 heterocycles. The molecular weight excluding hydrogens is 240 g/mol. The van der Waals surface area contributed by atoms with Crippen molar-refractivity contribution in [1.82, 2.24) is 9.97 Å². The quantitative estimate of drug-likeness (QED) is 0.827. The third kappa shape index (κ3) is 6.96. The van der Waals surface area contributed by atoms with Crippen LogP contribution in [0, 0.1) is 5.41 Å². The third-order valence-corrected chi connectivity index (χ3v) is 2.42. The Hall–Kier alpha value is -1.36. The monoisotopic (exact) mass is 266 g/mol. The molecule has 0 aliphatic heterocycles. The number of rotatable bonds is 6. The molecule has 5 heteroatoms. The molecular formula is C14H26N4O. The summed E-state index contributed by atoms with van der Waals surface area (Å²) < 4.78 is 5.52. The van der Waals surface area contributed by atoms with E-state index in [0.29, 0.717) is 12.4 Å². The van der Waals surface area contributed by atoms with Crippen LogP contribution in [0.25, 0.3) is 0 Å². The molecule has 0 spiro atoms. The van der Waals surface area contributed by atoms with Gasteiger partial charge in [-0.05, 0) is 25.7 Å². The van der Waals surface area contributed by atoms with Crippen LogP contribution in [0.15, 0.2) is 12.4 Å². The Morgan fingerprint density at radius 1 is 1.32 bits per heavy atom. The molecule has 0 radical (unpaired) electrons. The molecule has 5 nitrogen and oxygen atoms in total. The summed E-state index contributed by atoms with van der Waals surface area (Å²) in [7, 11) is 0. The van der Waals surface area contributed by atoms with Crippen LogP contribution in [0.3, 0.4) is 0 Å². The van der Waals surface area contributed by atoms with Gasteiger partial charge in [-0.15, -0.1) is 0 Å². The maximum Gasteiger partial charge on any atom is 0.218 e. The van der Waals surface area contributed by atoms with Crippen molar-refractivity contribution in [2.24, 2.45) is 11.1 Å². The lowest BCUT2D eigenvalue weighted by molar-refractivity contribution is 0.232. The topological polar surface area (TPSA) is 73.1 Å². The summed E-state index contributed by atoms with van der Waals surface area (Å²) in [6, 6.07) is 1.90. The van der Waals surface area contributed by atoms with Gasteiger partial charge in [0.2, 0.25) is 5.88 Å². The standard InChI is InChI=1S/C14H26N4O/c1-10(2)19-13-6-12(17-9-18-13)16-8-11(15)7-14(3,4)5/h6,9-11H,7-8,15H2,1-5H3,(H,16,17,18). The van der Waals surface area contributed by atoms with Crippen molar-refractivity contribution < 1.29 is 4.74 Å². The van der Waals surface area contributed by atoms with E-state index in [1.165, 1.54) is 6.33 Å². The molecule has 0 amide bonds. The van der Waals surface area contributed by atoms with Gasteiger partial charge in [-0.25, -0.2) is 9.97 Å². The molecule has 3 N–H and O–H groups in total. The fraction of sp³-hybridized carbons (Fsp3) is 0.714. The minimum Gasteiger partial charge on any atom is -0.475 e. The fourth-order valence-electron chi connectivity index (χ4n) is 1.84. The van der Waals surface area contributed by atoms with Crippen molar-refractivity contribution in [2.75, 3.05) is 11.9 Å². The normalized spacial score (nSPS) is 13.4. The van der Waals surface area contributed by atoms with E-state index in [2.05, 4.69) is 36.1 Å². The Labute approximate surface area is 116 Å². The maximum absolute atomic E-state index is 6.09.